The monoisotopic (exact) mass is 804 g/mol. The molecular formula is C49H37FN8O3. The Balaban J connectivity index is 0.893. The number of hydrogen-bond acceptors (Lipinski definition) is 7. The van der Waals surface area contributed by atoms with Gasteiger partial charge in [-0.15, -0.1) is 0 Å². The van der Waals surface area contributed by atoms with Gasteiger partial charge in [0.2, 0.25) is 0 Å². The SMILES string of the molecule is Cc1cccc(-c2ccccc2-c2ccc3ncc(C(=O)NC4CC4Cc4cccc(-c5ccc(Oc6ccccc6F)cc5-c5ccc6ncc(C(N)=O)n6c5)n4)n3c2)n1. The summed E-state index contributed by atoms with van der Waals surface area (Å²) in [5.74, 6) is -0.566. The zero-order valence-corrected chi connectivity index (χ0v) is 32.9. The molecular weight excluding hydrogens is 768 g/mol. The van der Waals surface area contributed by atoms with Crippen LogP contribution < -0.4 is 15.8 Å². The summed E-state index contributed by atoms with van der Waals surface area (Å²) in [5, 5.41) is 3.23. The van der Waals surface area contributed by atoms with E-state index in [-0.39, 0.29) is 29.3 Å². The second-order valence-corrected chi connectivity index (χ2v) is 15.2. The second kappa shape index (κ2) is 15.3. The van der Waals surface area contributed by atoms with Gasteiger partial charge in [-0.1, -0.05) is 48.5 Å². The lowest BCUT2D eigenvalue weighted by atomic mass is 9.97. The predicted octanol–water partition coefficient (Wildman–Crippen LogP) is 9.14. The van der Waals surface area contributed by atoms with Crippen molar-refractivity contribution in [2.24, 2.45) is 11.7 Å². The predicted molar refractivity (Wildman–Crippen MR) is 231 cm³/mol. The Labute approximate surface area is 349 Å². The van der Waals surface area contributed by atoms with Gasteiger partial charge in [-0.25, -0.2) is 14.4 Å². The molecule has 2 unspecified atom stereocenters. The number of ether oxygens (including phenoxy) is 1. The van der Waals surface area contributed by atoms with Crippen molar-refractivity contribution in [3.63, 3.8) is 0 Å². The summed E-state index contributed by atoms with van der Waals surface area (Å²) in [6, 6.07) is 39.4. The zero-order chi connectivity index (χ0) is 41.6. The van der Waals surface area contributed by atoms with Crippen molar-refractivity contribution in [3.8, 4) is 56.3 Å². The van der Waals surface area contributed by atoms with Crippen LogP contribution in [0.3, 0.4) is 0 Å². The summed E-state index contributed by atoms with van der Waals surface area (Å²) in [5.41, 5.74) is 16.3. The van der Waals surface area contributed by atoms with Gasteiger partial charge in [0.25, 0.3) is 11.8 Å². The van der Waals surface area contributed by atoms with Gasteiger partial charge in [-0.05, 0) is 127 Å². The fourth-order valence-corrected chi connectivity index (χ4v) is 7.89. The van der Waals surface area contributed by atoms with Crippen molar-refractivity contribution in [1.29, 1.82) is 0 Å². The molecule has 10 rings (SSSR count). The number of fused-ring (bicyclic) bond motifs is 2. The number of para-hydroxylation sites is 1. The number of nitrogens with zero attached hydrogens (tertiary/aromatic N) is 6. The summed E-state index contributed by atoms with van der Waals surface area (Å²) in [4.78, 5) is 44.7. The minimum Gasteiger partial charge on any atom is -0.454 e. The molecule has 1 aliphatic carbocycles. The van der Waals surface area contributed by atoms with Crippen LogP contribution in [-0.4, -0.2) is 46.6 Å². The third-order valence-electron chi connectivity index (χ3n) is 11.1. The smallest absolute Gasteiger partial charge is 0.270 e. The average molecular weight is 805 g/mol. The van der Waals surface area contributed by atoms with E-state index in [2.05, 4.69) is 27.4 Å². The number of aromatic nitrogens is 6. The number of nitrogens with one attached hydrogen (secondary N) is 1. The number of pyridine rings is 4. The van der Waals surface area contributed by atoms with Crippen LogP contribution in [-0.2, 0) is 6.42 Å². The van der Waals surface area contributed by atoms with Crippen molar-refractivity contribution in [2.45, 2.75) is 25.8 Å². The summed E-state index contributed by atoms with van der Waals surface area (Å²) >= 11 is 0. The highest BCUT2D eigenvalue weighted by Crippen LogP contribution is 2.38. The number of aryl methyl sites for hydroxylation is 1. The van der Waals surface area contributed by atoms with Crippen LogP contribution in [0.2, 0.25) is 0 Å². The largest absolute Gasteiger partial charge is 0.454 e. The summed E-state index contributed by atoms with van der Waals surface area (Å²) in [6.07, 6.45) is 8.29. The molecule has 1 aliphatic rings. The van der Waals surface area contributed by atoms with Gasteiger partial charge in [0.1, 0.15) is 28.4 Å². The summed E-state index contributed by atoms with van der Waals surface area (Å²) in [6.45, 7) is 1.98. The third kappa shape index (κ3) is 7.35. The van der Waals surface area contributed by atoms with Gasteiger partial charge in [0, 0.05) is 41.0 Å². The van der Waals surface area contributed by atoms with Crippen LogP contribution in [0.1, 0.15) is 38.8 Å². The molecule has 3 N–H and O–H groups in total. The summed E-state index contributed by atoms with van der Waals surface area (Å²) in [7, 11) is 0. The molecule has 298 valence electrons. The number of imidazole rings is 2. The Hall–Kier alpha value is -7.99. The molecule has 6 aromatic heterocycles. The average Bonchev–Trinajstić information content (AvgIpc) is 3.62. The fraction of sp³-hybridized carbons (Fsp3) is 0.102. The number of primary amides is 1. The highest BCUT2D eigenvalue weighted by molar-refractivity contribution is 5.94. The van der Waals surface area contributed by atoms with Crippen LogP contribution >= 0.6 is 0 Å². The minimum absolute atomic E-state index is 0.0217. The molecule has 11 nitrogen and oxygen atoms in total. The van der Waals surface area contributed by atoms with E-state index in [0.29, 0.717) is 34.9 Å². The van der Waals surface area contributed by atoms with Crippen molar-refractivity contribution in [2.75, 3.05) is 0 Å². The van der Waals surface area contributed by atoms with Crippen LogP contribution in [0, 0.1) is 18.7 Å². The van der Waals surface area contributed by atoms with E-state index in [0.717, 1.165) is 56.9 Å². The lowest BCUT2D eigenvalue weighted by Crippen LogP contribution is -2.28. The van der Waals surface area contributed by atoms with Crippen molar-refractivity contribution in [1.82, 2.24) is 34.1 Å². The van der Waals surface area contributed by atoms with Crippen LogP contribution in [0.4, 0.5) is 4.39 Å². The highest BCUT2D eigenvalue weighted by atomic mass is 19.1. The molecule has 0 saturated heterocycles. The van der Waals surface area contributed by atoms with Crippen molar-refractivity contribution < 1.29 is 18.7 Å². The number of rotatable bonds is 11. The van der Waals surface area contributed by atoms with Gasteiger partial charge >= 0.3 is 0 Å². The second-order valence-electron chi connectivity index (χ2n) is 15.2. The molecule has 3 aromatic carbocycles. The van der Waals surface area contributed by atoms with Gasteiger partial charge in [0.15, 0.2) is 11.6 Å². The quantitative estimate of drug-likeness (QED) is 0.133. The molecule has 9 aromatic rings. The van der Waals surface area contributed by atoms with Crippen LogP contribution in [0.25, 0.3) is 56.1 Å². The van der Waals surface area contributed by atoms with Crippen LogP contribution in [0.5, 0.6) is 11.5 Å². The Morgan fingerprint density at radius 3 is 2.13 bits per heavy atom. The number of carbonyl (C=O) groups excluding carboxylic acids is 2. The molecule has 2 amide bonds. The maximum Gasteiger partial charge on any atom is 0.270 e. The first-order valence-electron chi connectivity index (χ1n) is 19.9. The van der Waals surface area contributed by atoms with E-state index in [1.165, 1.54) is 12.3 Å². The van der Waals surface area contributed by atoms with E-state index < -0.39 is 11.7 Å². The molecule has 61 heavy (non-hydrogen) atoms. The lowest BCUT2D eigenvalue weighted by molar-refractivity contribution is 0.0942. The minimum atomic E-state index is -0.605. The standard InChI is InChI=1S/C49H37FN8O3/c1-29-8-6-13-40(54-29)36-11-3-2-10-35(36)30-16-20-47-53-26-44(58(47)27-30)49(60)56-42-23-32(42)22-33-9-7-14-41(55-33)37-19-18-34(61-45-15-5-4-12-39(45)50)24-38(37)31-17-21-46-52-25-43(48(51)59)57(46)28-31/h2-21,24-28,32,42H,22-23H2,1H3,(H2,51,59)(H,56,60). The topological polar surface area (TPSA) is 142 Å². The van der Waals surface area contributed by atoms with Crippen LogP contribution in [0.15, 0.2) is 152 Å². The van der Waals surface area contributed by atoms with Crippen molar-refractivity contribution in [3.05, 3.63) is 181 Å². The number of amides is 2. The van der Waals surface area contributed by atoms with Gasteiger partial charge in [0.05, 0.1) is 23.8 Å². The number of halogens is 1. The summed E-state index contributed by atoms with van der Waals surface area (Å²) < 4.78 is 24.1. The van der Waals surface area contributed by atoms with E-state index in [9.17, 15) is 14.0 Å². The van der Waals surface area contributed by atoms with E-state index >= 15 is 0 Å². The molecule has 2 atom stereocenters. The Bertz CT molecular complexity index is 3170. The van der Waals surface area contributed by atoms with E-state index in [1.807, 2.05) is 96.4 Å². The molecule has 0 spiro atoms. The maximum absolute atomic E-state index is 14.6. The van der Waals surface area contributed by atoms with Gasteiger partial charge in [-0.3, -0.25) is 28.4 Å². The van der Waals surface area contributed by atoms with Crippen molar-refractivity contribution >= 4 is 23.1 Å². The Kier molecular flexibility index (Phi) is 9.36. The Morgan fingerprint density at radius 2 is 1.38 bits per heavy atom. The molecule has 0 aliphatic heterocycles. The molecule has 0 bridgehead atoms. The normalized spacial score (nSPS) is 14.6. The van der Waals surface area contributed by atoms with Gasteiger partial charge < -0.3 is 15.8 Å². The number of benzene rings is 3. The first-order valence-corrected chi connectivity index (χ1v) is 19.9. The maximum atomic E-state index is 14.6. The molecule has 0 radical (unpaired) electrons. The Morgan fingerprint density at radius 1 is 0.721 bits per heavy atom. The molecule has 12 heteroatoms. The third-order valence-corrected chi connectivity index (χ3v) is 11.1. The first-order chi connectivity index (χ1) is 29.8. The number of hydrogen-bond donors (Lipinski definition) is 2. The van der Waals surface area contributed by atoms with Gasteiger partial charge in [-0.2, -0.15) is 0 Å². The molecule has 6 heterocycles. The van der Waals surface area contributed by atoms with E-state index in [1.54, 1.807) is 47.1 Å². The fourth-order valence-electron chi connectivity index (χ4n) is 7.89. The van der Waals surface area contributed by atoms with E-state index in [4.69, 9.17) is 20.4 Å². The lowest BCUT2D eigenvalue weighted by Gasteiger charge is -2.14. The number of carbonyl (C=O) groups is 2. The first kappa shape index (κ1) is 37.3. The molecule has 1 saturated carbocycles. The molecule has 1 fully saturated rings. The zero-order valence-electron chi connectivity index (χ0n) is 32.9. The highest BCUT2D eigenvalue weighted by Gasteiger charge is 2.39. The number of nitrogens with two attached hydrogens (primary N) is 1.